The Labute approximate surface area is 153 Å². The standard InChI is InChI=1S/C19H25N5O2/c25-19-18(22-21-17-8-2-1-5-9-20-17)15-6-3-4-7-16(15)24(19)14-23-10-12-26-13-11-23/h3-4,6-7,25H,1-2,5,8-14H2/p+2. The van der Waals surface area contributed by atoms with E-state index in [0.717, 1.165) is 62.4 Å². The van der Waals surface area contributed by atoms with Crippen LogP contribution >= 0.6 is 0 Å². The Morgan fingerprint density at radius 1 is 1.12 bits per heavy atom. The van der Waals surface area contributed by atoms with Gasteiger partial charge >= 0.3 is 5.84 Å². The van der Waals surface area contributed by atoms with Crippen molar-refractivity contribution in [2.24, 2.45) is 10.2 Å². The molecule has 0 bridgehead atoms. The maximum Gasteiger partial charge on any atom is 0.319 e. The molecule has 0 amide bonds. The summed E-state index contributed by atoms with van der Waals surface area (Å²) in [4.78, 5) is 4.74. The molecule has 0 saturated carbocycles. The van der Waals surface area contributed by atoms with E-state index in [0.29, 0.717) is 12.4 Å². The monoisotopic (exact) mass is 357 g/mol. The number of nitrogens with zero attached hydrogens (tertiary/aromatic N) is 3. The largest absolute Gasteiger partial charge is 0.493 e. The van der Waals surface area contributed by atoms with Crippen molar-refractivity contribution < 1.29 is 19.7 Å². The van der Waals surface area contributed by atoms with Crippen LogP contribution in [-0.4, -0.2) is 48.4 Å². The van der Waals surface area contributed by atoms with E-state index in [1.165, 1.54) is 17.7 Å². The normalized spacial score (nSPS) is 19.8. The number of morpholine rings is 1. The number of hydrogen-bond acceptors (Lipinski definition) is 4. The molecule has 26 heavy (non-hydrogen) atoms. The molecule has 0 unspecified atom stereocenters. The summed E-state index contributed by atoms with van der Waals surface area (Å²) in [6.07, 6.45) is 4.45. The van der Waals surface area contributed by atoms with Gasteiger partial charge in [-0.05, 0) is 30.4 Å². The number of para-hydroxylation sites is 1. The van der Waals surface area contributed by atoms with Crippen molar-refractivity contribution in [1.29, 1.82) is 0 Å². The van der Waals surface area contributed by atoms with E-state index in [4.69, 9.17) is 4.74 Å². The van der Waals surface area contributed by atoms with Crippen LogP contribution in [0.3, 0.4) is 0 Å². The molecule has 7 heteroatoms. The van der Waals surface area contributed by atoms with Crippen LogP contribution in [0.4, 0.5) is 5.69 Å². The molecule has 1 aromatic carbocycles. The zero-order chi connectivity index (χ0) is 17.8. The summed E-state index contributed by atoms with van der Waals surface area (Å²) >= 11 is 0. The van der Waals surface area contributed by atoms with Crippen molar-refractivity contribution in [1.82, 2.24) is 4.57 Å². The average Bonchev–Trinajstić information content (AvgIpc) is 2.85. The molecule has 0 radical (unpaired) electrons. The Hall–Kier alpha value is -2.25. The van der Waals surface area contributed by atoms with E-state index in [1.807, 2.05) is 28.8 Å². The third-order valence-corrected chi connectivity index (χ3v) is 5.19. The van der Waals surface area contributed by atoms with Gasteiger partial charge in [0.05, 0.1) is 36.8 Å². The molecule has 2 aliphatic heterocycles. The second-order valence-electron chi connectivity index (χ2n) is 7.02. The molecule has 4 rings (SSSR count). The first kappa shape index (κ1) is 17.2. The van der Waals surface area contributed by atoms with Gasteiger partial charge in [-0.15, -0.1) is 0 Å². The van der Waals surface area contributed by atoms with Gasteiger partial charge in [-0.3, -0.25) is 9.56 Å². The number of fused-ring (bicyclic) bond motifs is 1. The number of quaternary nitrogens is 1. The second-order valence-corrected chi connectivity index (χ2v) is 7.02. The lowest BCUT2D eigenvalue weighted by atomic mass is 10.2. The molecule has 1 aromatic heterocycles. The summed E-state index contributed by atoms with van der Waals surface area (Å²) in [5, 5.41) is 20.7. The topological polar surface area (TPSA) is 77.5 Å². The van der Waals surface area contributed by atoms with Crippen LogP contribution < -0.4 is 9.89 Å². The molecule has 3 N–H and O–H groups in total. The van der Waals surface area contributed by atoms with Crippen LogP contribution in [0.2, 0.25) is 0 Å². The summed E-state index contributed by atoms with van der Waals surface area (Å²) in [5.41, 5.74) is 1.56. The van der Waals surface area contributed by atoms with Crippen molar-refractivity contribution in [2.45, 2.75) is 32.4 Å². The minimum Gasteiger partial charge on any atom is -0.493 e. The maximum absolute atomic E-state index is 10.9. The van der Waals surface area contributed by atoms with Crippen molar-refractivity contribution >= 4 is 22.4 Å². The number of rotatable bonds is 3. The third kappa shape index (κ3) is 3.64. The van der Waals surface area contributed by atoms with Gasteiger partial charge in [-0.25, -0.2) is 0 Å². The minimum atomic E-state index is 0.197. The van der Waals surface area contributed by atoms with Crippen LogP contribution in [-0.2, 0) is 11.4 Å². The number of nitrogens with one attached hydrogen (secondary N) is 2. The fourth-order valence-electron chi connectivity index (χ4n) is 3.68. The van der Waals surface area contributed by atoms with Crippen molar-refractivity contribution in [3.8, 4) is 5.88 Å². The van der Waals surface area contributed by atoms with Crippen LogP contribution in [0.15, 0.2) is 34.5 Å². The highest BCUT2D eigenvalue weighted by Crippen LogP contribution is 2.38. The average molecular weight is 357 g/mol. The van der Waals surface area contributed by atoms with E-state index in [9.17, 15) is 5.11 Å². The fourth-order valence-corrected chi connectivity index (χ4v) is 3.68. The van der Waals surface area contributed by atoms with Crippen LogP contribution in [0.25, 0.3) is 10.9 Å². The van der Waals surface area contributed by atoms with E-state index in [1.54, 1.807) is 0 Å². The number of aromatic nitrogens is 1. The molecular weight excluding hydrogens is 330 g/mol. The molecule has 1 saturated heterocycles. The first-order valence-electron chi connectivity index (χ1n) is 9.56. The number of azo groups is 1. The number of aromatic hydroxyl groups is 1. The zero-order valence-corrected chi connectivity index (χ0v) is 15.1. The molecule has 2 aliphatic rings. The second kappa shape index (κ2) is 7.97. The molecule has 0 atom stereocenters. The Morgan fingerprint density at radius 3 is 2.85 bits per heavy atom. The van der Waals surface area contributed by atoms with Crippen molar-refractivity contribution in [3.05, 3.63) is 24.3 Å². The van der Waals surface area contributed by atoms with Gasteiger partial charge in [0.15, 0.2) is 12.4 Å². The highest BCUT2D eigenvalue weighted by molar-refractivity contribution is 5.95. The summed E-state index contributed by atoms with van der Waals surface area (Å²) < 4.78 is 7.39. The lowest BCUT2D eigenvalue weighted by molar-refractivity contribution is -0.930. The summed E-state index contributed by atoms with van der Waals surface area (Å²) in [6, 6.07) is 8.00. The predicted octanol–water partition coefficient (Wildman–Crippen LogP) is 0.356. The van der Waals surface area contributed by atoms with E-state index in [-0.39, 0.29) is 5.88 Å². The van der Waals surface area contributed by atoms with Gasteiger partial charge < -0.3 is 14.7 Å². The van der Waals surface area contributed by atoms with Gasteiger partial charge in [0.25, 0.3) is 0 Å². The highest BCUT2D eigenvalue weighted by atomic mass is 16.5. The highest BCUT2D eigenvalue weighted by Gasteiger charge is 2.23. The first-order valence-corrected chi connectivity index (χ1v) is 9.56. The smallest absolute Gasteiger partial charge is 0.319 e. The Kier molecular flexibility index (Phi) is 5.26. The molecular formula is C19H27N5O2+2. The van der Waals surface area contributed by atoms with Gasteiger partial charge in [0.2, 0.25) is 5.88 Å². The molecule has 3 heterocycles. The Balaban J connectivity index is 1.66. The summed E-state index contributed by atoms with van der Waals surface area (Å²) in [6.45, 7) is 5.09. The number of amidine groups is 1. The third-order valence-electron chi connectivity index (χ3n) is 5.19. The Bertz CT molecular complexity index is 821. The Morgan fingerprint density at radius 2 is 1.96 bits per heavy atom. The van der Waals surface area contributed by atoms with Gasteiger partial charge in [0.1, 0.15) is 13.1 Å². The first-order chi connectivity index (χ1) is 12.8. The molecule has 0 aliphatic carbocycles. The van der Waals surface area contributed by atoms with Crippen LogP contribution in [0.1, 0.15) is 25.7 Å². The van der Waals surface area contributed by atoms with Crippen molar-refractivity contribution in [3.63, 3.8) is 0 Å². The van der Waals surface area contributed by atoms with Gasteiger partial charge in [-0.1, -0.05) is 18.2 Å². The summed E-state index contributed by atoms with van der Waals surface area (Å²) in [7, 11) is 0. The SMILES string of the molecule is Oc1c(N=NC2=[NH+]CCCCC2)c2ccccc2n1C[NH+]1CCOCC1. The number of ether oxygens (including phenoxy) is 1. The van der Waals surface area contributed by atoms with Gasteiger partial charge in [-0.2, -0.15) is 0 Å². The number of benzene rings is 1. The van der Waals surface area contributed by atoms with Gasteiger partial charge in [0, 0.05) is 5.39 Å². The fraction of sp³-hybridized carbons (Fsp3) is 0.526. The molecule has 138 valence electrons. The molecule has 2 aromatic rings. The van der Waals surface area contributed by atoms with E-state index in [2.05, 4.69) is 15.2 Å². The summed E-state index contributed by atoms with van der Waals surface area (Å²) in [5.74, 6) is 1.11. The zero-order valence-electron chi connectivity index (χ0n) is 15.1. The predicted molar refractivity (Wildman–Crippen MR) is 98.9 cm³/mol. The lowest BCUT2D eigenvalue weighted by Gasteiger charge is -2.24. The quantitative estimate of drug-likeness (QED) is 0.694. The minimum absolute atomic E-state index is 0.197. The molecule has 0 spiro atoms. The van der Waals surface area contributed by atoms with E-state index >= 15 is 0 Å². The lowest BCUT2D eigenvalue weighted by Crippen LogP contribution is -3.13. The van der Waals surface area contributed by atoms with Crippen molar-refractivity contribution in [2.75, 3.05) is 32.8 Å². The maximum atomic E-state index is 10.9. The van der Waals surface area contributed by atoms with Crippen LogP contribution in [0, 0.1) is 0 Å². The number of hydrogen-bond donors (Lipinski definition) is 3. The molecule has 1 fully saturated rings. The van der Waals surface area contributed by atoms with E-state index < -0.39 is 0 Å². The van der Waals surface area contributed by atoms with Crippen LogP contribution in [0.5, 0.6) is 5.88 Å². The molecule has 7 nitrogen and oxygen atoms in total.